The number of rotatable bonds is 1. The fraction of sp³-hybridized carbons (Fsp3) is 1.00. The Bertz CT molecular complexity index is 173. The summed E-state index contributed by atoms with van der Waals surface area (Å²) in [6.45, 7) is 0.322. The third-order valence-electron chi connectivity index (χ3n) is 2.33. The predicted octanol–water partition coefficient (Wildman–Crippen LogP) is -1.52. The molecule has 0 radical (unpaired) electrons. The van der Waals surface area contributed by atoms with Crippen molar-refractivity contribution < 1.29 is 24.4 Å². The van der Waals surface area contributed by atoms with Crippen molar-refractivity contribution in [3.8, 4) is 0 Å². The van der Waals surface area contributed by atoms with E-state index in [2.05, 4.69) is 0 Å². The van der Waals surface area contributed by atoms with Crippen LogP contribution in [0, 0.1) is 0 Å². The summed E-state index contributed by atoms with van der Waals surface area (Å²) in [4.78, 5) is 0. The van der Waals surface area contributed by atoms with Gasteiger partial charge in [0.05, 0.1) is 6.61 Å². The van der Waals surface area contributed by atoms with Gasteiger partial charge in [0.25, 0.3) is 0 Å². The molecule has 5 nitrogen and oxygen atoms in total. The smallest absolute Gasteiger partial charge is 0.186 e. The van der Waals surface area contributed by atoms with Gasteiger partial charge in [0, 0.05) is 7.11 Å². The van der Waals surface area contributed by atoms with Crippen LogP contribution in [0.25, 0.3) is 0 Å². The lowest BCUT2D eigenvalue weighted by Gasteiger charge is -2.33. The molecule has 0 spiro atoms. The first-order chi connectivity index (χ1) is 5.74. The van der Waals surface area contributed by atoms with Crippen molar-refractivity contribution in [2.75, 3.05) is 13.7 Å². The highest BCUT2D eigenvalue weighted by Gasteiger charge is 2.50. The Balaban J connectivity index is 2.12. The Morgan fingerprint density at radius 3 is 2.75 bits per heavy atom. The maximum atomic E-state index is 9.49. The molecule has 2 fully saturated rings. The maximum Gasteiger partial charge on any atom is 0.186 e. The second-order valence-electron chi connectivity index (χ2n) is 3.06. The van der Waals surface area contributed by atoms with Crippen LogP contribution >= 0.6 is 0 Å². The highest BCUT2D eigenvalue weighted by molar-refractivity contribution is 4.94. The Labute approximate surface area is 69.8 Å². The standard InChI is InChI=1S/C7H12O5/c1-10-7-5(9)6-4(8)3(12-7)2-11-6/h3-9H,2H2,1H3/t3-,4+,5+,6-,7-/m0/s1. The van der Waals surface area contributed by atoms with Crippen LogP contribution in [-0.4, -0.2) is 54.6 Å². The molecule has 2 saturated heterocycles. The van der Waals surface area contributed by atoms with Gasteiger partial charge in [0.15, 0.2) is 6.29 Å². The zero-order valence-corrected chi connectivity index (χ0v) is 6.71. The first-order valence-corrected chi connectivity index (χ1v) is 3.90. The zero-order valence-electron chi connectivity index (χ0n) is 6.71. The first-order valence-electron chi connectivity index (χ1n) is 3.90. The molecule has 2 aliphatic rings. The number of hydrogen-bond donors (Lipinski definition) is 2. The zero-order chi connectivity index (χ0) is 8.72. The average molecular weight is 176 g/mol. The van der Waals surface area contributed by atoms with Gasteiger partial charge in [0.1, 0.15) is 24.4 Å². The van der Waals surface area contributed by atoms with Crippen LogP contribution in [0.5, 0.6) is 0 Å². The summed E-state index contributed by atoms with van der Waals surface area (Å²) < 4.78 is 15.2. The highest BCUT2D eigenvalue weighted by Crippen LogP contribution is 2.29. The van der Waals surface area contributed by atoms with Crippen molar-refractivity contribution in [3.05, 3.63) is 0 Å². The molecule has 0 aromatic heterocycles. The van der Waals surface area contributed by atoms with Gasteiger partial charge in [-0.25, -0.2) is 0 Å². The van der Waals surface area contributed by atoms with Crippen LogP contribution in [-0.2, 0) is 14.2 Å². The summed E-state index contributed by atoms with van der Waals surface area (Å²) in [6.07, 6.45) is -3.22. The van der Waals surface area contributed by atoms with E-state index in [0.29, 0.717) is 6.61 Å². The number of aliphatic hydroxyl groups excluding tert-OH is 2. The van der Waals surface area contributed by atoms with Crippen molar-refractivity contribution in [2.24, 2.45) is 0 Å². The molecule has 0 amide bonds. The molecular formula is C7H12O5. The Kier molecular flexibility index (Phi) is 2.05. The minimum Gasteiger partial charge on any atom is -0.387 e. The quantitative estimate of drug-likeness (QED) is 0.507. The largest absolute Gasteiger partial charge is 0.387 e. The molecule has 2 heterocycles. The van der Waals surface area contributed by atoms with Crippen LogP contribution in [0.15, 0.2) is 0 Å². The molecule has 2 bridgehead atoms. The van der Waals surface area contributed by atoms with Crippen LogP contribution in [0.2, 0.25) is 0 Å². The third-order valence-corrected chi connectivity index (χ3v) is 2.33. The van der Waals surface area contributed by atoms with Crippen LogP contribution in [0.1, 0.15) is 0 Å². The molecule has 5 heteroatoms. The Morgan fingerprint density at radius 2 is 2.08 bits per heavy atom. The third kappa shape index (κ3) is 1.06. The molecule has 70 valence electrons. The average Bonchev–Trinajstić information content (AvgIpc) is 2.31. The van der Waals surface area contributed by atoms with E-state index >= 15 is 0 Å². The van der Waals surface area contributed by atoms with Gasteiger partial charge in [-0.3, -0.25) is 0 Å². The second-order valence-corrected chi connectivity index (χ2v) is 3.06. The van der Waals surface area contributed by atoms with Gasteiger partial charge in [-0.05, 0) is 0 Å². The maximum absolute atomic E-state index is 9.49. The van der Waals surface area contributed by atoms with Crippen LogP contribution in [0.4, 0.5) is 0 Å². The van der Waals surface area contributed by atoms with Gasteiger partial charge in [-0.2, -0.15) is 0 Å². The van der Waals surface area contributed by atoms with E-state index in [9.17, 15) is 10.2 Å². The molecule has 0 aromatic rings. The molecule has 0 unspecified atom stereocenters. The van der Waals surface area contributed by atoms with Gasteiger partial charge < -0.3 is 24.4 Å². The van der Waals surface area contributed by atoms with E-state index in [1.54, 1.807) is 0 Å². The first kappa shape index (κ1) is 8.40. The molecular weight excluding hydrogens is 164 g/mol. The number of ether oxygens (including phenoxy) is 3. The Morgan fingerprint density at radius 1 is 1.33 bits per heavy atom. The van der Waals surface area contributed by atoms with E-state index in [-0.39, 0.29) is 6.10 Å². The van der Waals surface area contributed by atoms with Crippen molar-refractivity contribution in [3.63, 3.8) is 0 Å². The molecule has 5 atom stereocenters. The van der Waals surface area contributed by atoms with E-state index in [0.717, 1.165) is 0 Å². The minimum absolute atomic E-state index is 0.322. The summed E-state index contributed by atoms with van der Waals surface area (Å²) in [6, 6.07) is 0. The van der Waals surface area contributed by atoms with Gasteiger partial charge in [-0.1, -0.05) is 0 Å². The molecule has 2 N–H and O–H groups in total. The summed E-state index contributed by atoms with van der Waals surface area (Å²) in [5.41, 5.74) is 0. The normalized spacial score (nSPS) is 52.8. The molecule has 2 rings (SSSR count). The fourth-order valence-corrected chi connectivity index (χ4v) is 1.64. The van der Waals surface area contributed by atoms with Gasteiger partial charge in [0.2, 0.25) is 0 Å². The second kappa shape index (κ2) is 2.93. The van der Waals surface area contributed by atoms with Crippen molar-refractivity contribution in [1.29, 1.82) is 0 Å². The predicted molar refractivity (Wildman–Crippen MR) is 37.4 cm³/mol. The minimum atomic E-state index is -0.899. The molecule has 0 aliphatic carbocycles. The Hall–Kier alpha value is -0.200. The molecule has 0 saturated carbocycles. The summed E-state index contributed by atoms with van der Waals surface area (Å²) in [7, 11) is 1.45. The monoisotopic (exact) mass is 176 g/mol. The molecule has 0 aromatic carbocycles. The van der Waals surface area contributed by atoms with Crippen LogP contribution in [0.3, 0.4) is 0 Å². The van der Waals surface area contributed by atoms with E-state index in [1.165, 1.54) is 7.11 Å². The van der Waals surface area contributed by atoms with E-state index in [1.807, 2.05) is 0 Å². The van der Waals surface area contributed by atoms with Crippen molar-refractivity contribution in [1.82, 2.24) is 0 Å². The topological polar surface area (TPSA) is 68.2 Å². The number of aliphatic hydroxyl groups is 2. The van der Waals surface area contributed by atoms with E-state index < -0.39 is 24.6 Å². The number of hydrogen-bond acceptors (Lipinski definition) is 5. The SMILES string of the molecule is CO[C@H]1O[C@H]2CO[C@H]([C@H]1O)[C@@H]2O. The van der Waals surface area contributed by atoms with Gasteiger partial charge >= 0.3 is 0 Å². The summed E-state index contributed by atoms with van der Waals surface area (Å²) in [5, 5.41) is 18.9. The number of fused-ring (bicyclic) bond motifs is 2. The lowest BCUT2D eigenvalue weighted by molar-refractivity contribution is -0.253. The van der Waals surface area contributed by atoms with Crippen LogP contribution < -0.4 is 0 Å². The highest BCUT2D eigenvalue weighted by atomic mass is 16.7. The van der Waals surface area contributed by atoms with Crippen molar-refractivity contribution in [2.45, 2.75) is 30.7 Å². The summed E-state index contributed by atoms with van der Waals surface area (Å²) >= 11 is 0. The molecule has 2 aliphatic heterocycles. The number of methoxy groups -OCH3 is 1. The summed E-state index contributed by atoms with van der Waals surface area (Å²) in [5.74, 6) is 0. The molecule has 12 heavy (non-hydrogen) atoms. The fourth-order valence-electron chi connectivity index (χ4n) is 1.64. The van der Waals surface area contributed by atoms with Gasteiger partial charge in [-0.15, -0.1) is 0 Å². The van der Waals surface area contributed by atoms with E-state index in [4.69, 9.17) is 14.2 Å². The van der Waals surface area contributed by atoms with Crippen molar-refractivity contribution >= 4 is 0 Å². The lowest BCUT2D eigenvalue weighted by Crippen LogP contribution is -2.53. The lowest BCUT2D eigenvalue weighted by atomic mass is 10.0.